The molecule has 0 radical (unpaired) electrons. The lowest BCUT2D eigenvalue weighted by atomic mass is 9.98. The van der Waals surface area contributed by atoms with Crippen molar-refractivity contribution in [2.75, 3.05) is 51.8 Å². The summed E-state index contributed by atoms with van der Waals surface area (Å²) in [5.41, 5.74) is 2.00. The minimum Gasteiger partial charge on any atom is -0.493 e. The molecule has 1 atom stereocenters. The summed E-state index contributed by atoms with van der Waals surface area (Å²) >= 11 is 0. The smallest absolute Gasteiger partial charge is 0.324 e. The summed E-state index contributed by atoms with van der Waals surface area (Å²) in [6.07, 6.45) is 2.03. The van der Waals surface area contributed by atoms with Gasteiger partial charge in [-0.25, -0.2) is 0 Å². The number of piperidine rings is 1. The molecule has 0 aliphatic carbocycles. The molecule has 2 aromatic carbocycles. The molecule has 1 unspecified atom stereocenters. The van der Waals surface area contributed by atoms with Crippen molar-refractivity contribution in [3.63, 3.8) is 0 Å². The van der Waals surface area contributed by atoms with E-state index in [0.29, 0.717) is 36.5 Å². The van der Waals surface area contributed by atoms with Gasteiger partial charge in [0.1, 0.15) is 5.75 Å². The fourth-order valence-electron chi connectivity index (χ4n) is 4.16. The van der Waals surface area contributed by atoms with Gasteiger partial charge in [0.2, 0.25) is 4.90 Å². The first-order valence-corrected chi connectivity index (χ1v) is 14.3. The summed E-state index contributed by atoms with van der Waals surface area (Å²) < 4.78 is 37.1. The van der Waals surface area contributed by atoms with Crippen LogP contribution in [0.2, 0.25) is 0 Å². The Balaban J connectivity index is 1.25. The summed E-state index contributed by atoms with van der Waals surface area (Å²) in [5, 5.41) is 4.06. The van der Waals surface area contributed by atoms with Crippen molar-refractivity contribution in [3.05, 3.63) is 54.4 Å². The zero-order valence-electron chi connectivity index (χ0n) is 22.1. The van der Waals surface area contributed by atoms with E-state index in [9.17, 15) is 8.76 Å². The van der Waals surface area contributed by atoms with Crippen LogP contribution in [-0.4, -0.2) is 66.5 Å². The first-order valence-electron chi connectivity index (χ1n) is 12.8. The van der Waals surface area contributed by atoms with Crippen molar-refractivity contribution in [2.45, 2.75) is 37.5 Å². The molecule has 10 heteroatoms. The van der Waals surface area contributed by atoms with Crippen molar-refractivity contribution in [3.8, 4) is 16.9 Å². The molecule has 0 saturated carbocycles. The number of ether oxygens (including phenoxy) is 1. The molecule has 200 valence electrons. The van der Waals surface area contributed by atoms with E-state index in [4.69, 9.17) is 9.26 Å². The molecule has 0 bridgehead atoms. The maximum Gasteiger partial charge on any atom is 0.324 e. The van der Waals surface area contributed by atoms with Crippen molar-refractivity contribution in [1.29, 1.82) is 0 Å². The summed E-state index contributed by atoms with van der Waals surface area (Å²) in [6.45, 7) is 7.67. The second kappa shape index (κ2) is 12.2. The van der Waals surface area contributed by atoms with Crippen LogP contribution in [0.4, 0.5) is 6.01 Å². The summed E-state index contributed by atoms with van der Waals surface area (Å²) in [4.78, 5) is 9.00. The largest absolute Gasteiger partial charge is 0.493 e. The summed E-state index contributed by atoms with van der Waals surface area (Å²) in [7, 11) is 0.590. The number of hydrogen-bond donors (Lipinski definition) is 2. The fourth-order valence-corrected chi connectivity index (χ4v) is 5.20. The Bertz CT molecular complexity index is 1170. The third kappa shape index (κ3) is 7.38. The molecule has 3 aromatic rings. The van der Waals surface area contributed by atoms with Gasteiger partial charge < -0.3 is 19.1 Å². The van der Waals surface area contributed by atoms with E-state index < -0.39 is 10.4 Å². The molecule has 0 amide bonds. The van der Waals surface area contributed by atoms with Crippen LogP contribution in [0.1, 0.15) is 38.4 Å². The zero-order valence-corrected chi connectivity index (χ0v) is 22.9. The average molecular weight is 529 g/mol. The van der Waals surface area contributed by atoms with Crippen LogP contribution >= 0.6 is 0 Å². The van der Waals surface area contributed by atoms with Gasteiger partial charge in [-0.3, -0.25) is 0 Å². The topological polar surface area (TPSA) is 104 Å². The number of nitrogens with one attached hydrogen (secondary N) is 1. The number of rotatable bonds is 11. The van der Waals surface area contributed by atoms with Crippen molar-refractivity contribution in [1.82, 2.24) is 19.8 Å². The SMILES string of the molecule is CC(C)c1noc(N2CCC(COc3ccc(-c4ccc([S+](=O)(O)NCCN(C)C)cc4)cc3)CC2)n1. The maximum absolute atomic E-state index is 12.6. The molecule has 1 aliphatic heterocycles. The Morgan fingerprint density at radius 2 is 1.73 bits per heavy atom. The van der Waals surface area contributed by atoms with E-state index in [2.05, 4.69) is 33.6 Å². The molecule has 1 aromatic heterocycles. The quantitative estimate of drug-likeness (QED) is 0.349. The zero-order chi connectivity index (χ0) is 26.4. The molecular formula is C27H38N5O4S+. The van der Waals surface area contributed by atoms with E-state index in [0.717, 1.165) is 48.6 Å². The lowest BCUT2D eigenvalue weighted by Crippen LogP contribution is -2.35. The Hall–Kier alpha value is -2.79. The predicted molar refractivity (Wildman–Crippen MR) is 146 cm³/mol. The van der Waals surface area contributed by atoms with E-state index in [1.54, 1.807) is 12.1 Å². The highest BCUT2D eigenvalue weighted by molar-refractivity contribution is 7.95. The van der Waals surface area contributed by atoms with Crippen LogP contribution < -0.4 is 14.4 Å². The summed E-state index contributed by atoms with van der Waals surface area (Å²) in [5.74, 6) is 2.33. The van der Waals surface area contributed by atoms with Crippen molar-refractivity contribution < 1.29 is 18.0 Å². The number of benzene rings is 2. The van der Waals surface area contributed by atoms with Gasteiger partial charge in [-0.2, -0.15) is 9.54 Å². The summed E-state index contributed by atoms with van der Waals surface area (Å²) in [6, 6.07) is 15.7. The highest BCUT2D eigenvalue weighted by Gasteiger charge is 2.28. The van der Waals surface area contributed by atoms with E-state index in [1.807, 2.05) is 55.4 Å². The Morgan fingerprint density at radius 1 is 1.11 bits per heavy atom. The number of aromatic nitrogens is 2. The highest BCUT2D eigenvalue weighted by atomic mass is 32.3. The van der Waals surface area contributed by atoms with Crippen molar-refractivity contribution >= 4 is 16.4 Å². The Labute approximate surface area is 220 Å². The molecule has 9 nitrogen and oxygen atoms in total. The lowest BCUT2D eigenvalue weighted by molar-refractivity contribution is 0.220. The van der Waals surface area contributed by atoms with Crippen LogP contribution in [0.3, 0.4) is 0 Å². The second-order valence-corrected chi connectivity index (χ2v) is 11.9. The standard InChI is InChI=1S/C27H37N5O4S/c1-20(2)26-29-27(36-30-26)32-16-13-21(14-17-32)19-35-24-9-5-22(6-10-24)23-7-11-25(12-8-23)37(33,34)28-15-18-31(3)4/h5-12,20-21H,13-19H2,1-4H3,(H-,28,33,34)/p+1. The molecular weight excluding hydrogens is 490 g/mol. The van der Waals surface area contributed by atoms with Gasteiger partial charge in [-0.05, 0) is 84.6 Å². The highest BCUT2D eigenvalue weighted by Crippen LogP contribution is 2.27. The molecule has 0 spiro atoms. The van der Waals surface area contributed by atoms with Gasteiger partial charge in [0.15, 0.2) is 5.82 Å². The van der Waals surface area contributed by atoms with Crippen LogP contribution in [0.5, 0.6) is 5.75 Å². The molecule has 2 heterocycles. The van der Waals surface area contributed by atoms with Crippen LogP contribution in [0.15, 0.2) is 57.9 Å². The minimum absolute atomic E-state index is 0.258. The van der Waals surface area contributed by atoms with E-state index in [-0.39, 0.29) is 5.92 Å². The van der Waals surface area contributed by atoms with Crippen LogP contribution in [0, 0.1) is 5.92 Å². The fraction of sp³-hybridized carbons (Fsp3) is 0.481. The normalized spacial score (nSPS) is 16.4. The number of anilines is 1. The van der Waals surface area contributed by atoms with Crippen LogP contribution in [0.25, 0.3) is 11.1 Å². The molecule has 4 rings (SSSR count). The minimum atomic E-state index is -3.26. The third-order valence-corrected chi connectivity index (χ3v) is 8.04. The van der Waals surface area contributed by atoms with Gasteiger partial charge in [-0.1, -0.05) is 31.1 Å². The van der Waals surface area contributed by atoms with Gasteiger partial charge in [-0.15, -0.1) is 4.72 Å². The average Bonchev–Trinajstić information content (AvgIpc) is 3.39. The first-order chi connectivity index (χ1) is 17.7. The van der Waals surface area contributed by atoms with E-state index >= 15 is 0 Å². The number of hydrogen-bond acceptors (Lipinski definition) is 7. The monoisotopic (exact) mass is 528 g/mol. The maximum atomic E-state index is 12.6. The third-order valence-electron chi connectivity index (χ3n) is 6.54. The van der Waals surface area contributed by atoms with Crippen molar-refractivity contribution in [2.24, 2.45) is 5.92 Å². The molecule has 1 aliphatic rings. The van der Waals surface area contributed by atoms with Gasteiger partial charge in [0.25, 0.3) is 0 Å². The number of likely N-dealkylation sites (N-methyl/N-ethyl adjacent to an activating group) is 1. The van der Waals surface area contributed by atoms with Gasteiger partial charge in [0.05, 0.1) is 13.2 Å². The van der Waals surface area contributed by atoms with Gasteiger partial charge in [0, 0.05) is 25.6 Å². The van der Waals surface area contributed by atoms with Crippen LogP contribution in [-0.2, 0) is 14.6 Å². The van der Waals surface area contributed by atoms with E-state index in [1.165, 1.54) is 0 Å². The molecule has 37 heavy (non-hydrogen) atoms. The molecule has 1 fully saturated rings. The Morgan fingerprint density at radius 3 is 2.30 bits per heavy atom. The molecule has 1 saturated heterocycles. The Kier molecular flexibility index (Phi) is 8.96. The first kappa shape index (κ1) is 27.3. The predicted octanol–water partition coefficient (Wildman–Crippen LogP) is 4.55. The van der Waals surface area contributed by atoms with Gasteiger partial charge >= 0.3 is 16.4 Å². The lowest BCUT2D eigenvalue weighted by Gasteiger charge is -2.30. The second-order valence-electron chi connectivity index (χ2n) is 10.1. The molecule has 2 N–H and O–H groups in total. The number of nitrogens with zero attached hydrogens (tertiary/aromatic N) is 4.